The molecule has 130 valence electrons. The van der Waals surface area contributed by atoms with E-state index in [4.69, 9.17) is 5.10 Å². The fourth-order valence-corrected chi connectivity index (χ4v) is 3.29. The number of anilines is 2. The lowest BCUT2D eigenvalue weighted by Crippen LogP contribution is -2.59. The van der Waals surface area contributed by atoms with Crippen LogP contribution in [-0.2, 0) is 0 Å². The van der Waals surface area contributed by atoms with Gasteiger partial charge in [-0.25, -0.2) is 9.97 Å². The van der Waals surface area contributed by atoms with Crippen LogP contribution in [0, 0.1) is 11.3 Å². The fourth-order valence-electron chi connectivity index (χ4n) is 3.29. The Morgan fingerprint density at radius 3 is 2.73 bits per heavy atom. The first-order chi connectivity index (χ1) is 12.7. The second kappa shape index (κ2) is 5.62. The predicted molar refractivity (Wildman–Crippen MR) is 93.9 cm³/mol. The number of fused-ring (bicyclic) bond motifs is 1. The number of nitriles is 1. The summed E-state index contributed by atoms with van der Waals surface area (Å²) in [5.74, 6) is 3.01. The molecule has 1 aliphatic carbocycles. The van der Waals surface area contributed by atoms with Crippen LogP contribution in [0.2, 0.25) is 0 Å². The number of nitrogens with zero attached hydrogens (tertiary/aromatic N) is 9. The van der Waals surface area contributed by atoms with Gasteiger partial charge in [-0.15, -0.1) is 15.3 Å². The summed E-state index contributed by atoms with van der Waals surface area (Å²) in [5.41, 5.74) is 1.15. The zero-order valence-electron chi connectivity index (χ0n) is 14.3. The Balaban J connectivity index is 1.34. The van der Waals surface area contributed by atoms with Gasteiger partial charge in [0.25, 0.3) is 0 Å². The third-order valence-electron chi connectivity index (χ3n) is 5.07. The van der Waals surface area contributed by atoms with Crippen molar-refractivity contribution in [1.29, 1.82) is 5.26 Å². The second-order valence-corrected chi connectivity index (χ2v) is 6.80. The maximum Gasteiger partial charge on any atom is 0.183 e. The Bertz CT molecular complexity index is 1010. The molecule has 3 aromatic heterocycles. The van der Waals surface area contributed by atoms with Crippen LogP contribution >= 0.6 is 0 Å². The molecule has 3 aromatic rings. The summed E-state index contributed by atoms with van der Waals surface area (Å²) in [6.45, 7) is 1.63. The lowest BCUT2D eigenvalue weighted by molar-refractivity contribution is 0.486. The predicted octanol–water partition coefficient (Wildman–Crippen LogP) is 0.988. The van der Waals surface area contributed by atoms with Crippen molar-refractivity contribution in [3.05, 3.63) is 36.0 Å². The van der Waals surface area contributed by atoms with E-state index in [0.29, 0.717) is 17.4 Å². The van der Waals surface area contributed by atoms with Crippen LogP contribution < -0.4 is 9.80 Å². The first-order valence-electron chi connectivity index (χ1n) is 8.66. The highest BCUT2D eigenvalue weighted by Gasteiger charge is 2.34. The zero-order chi connectivity index (χ0) is 17.7. The molecule has 2 fully saturated rings. The van der Waals surface area contributed by atoms with Gasteiger partial charge in [0.05, 0.1) is 6.04 Å². The van der Waals surface area contributed by atoms with Gasteiger partial charge in [0.2, 0.25) is 0 Å². The summed E-state index contributed by atoms with van der Waals surface area (Å²) < 4.78 is 1.88. The summed E-state index contributed by atoms with van der Waals surface area (Å²) in [5, 5.41) is 22.4. The normalized spacial score (nSPS) is 17.2. The third-order valence-corrected chi connectivity index (χ3v) is 5.07. The summed E-state index contributed by atoms with van der Waals surface area (Å²) in [7, 11) is 1.95. The smallest absolute Gasteiger partial charge is 0.183 e. The first kappa shape index (κ1) is 15.0. The van der Waals surface area contributed by atoms with E-state index in [-0.39, 0.29) is 6.04 Å². The van der Waals surface area contributed by atoms with Crippen molar-refractivity contribution in [2.45, 2.75) is 24.8 Å². The zero-order valence-corrected chi connectivity index (χ0v) is 14.3. The van der Waals surface area contributed by atoms with Gasteiger partial charge in [0, 0.05) is 38.4 Å². The van der Waals surface area contributed by atoms with Gasteiger partial charge >= 0.3 is 0 Å². The molecule has 0 spiro atoms. The summed E-state index contributed by atoms with van der Waals surface area (Å²) in [4.78, 5) is 12.6. The van der Waals surface area contributed by atoms with Gasteiger partial charge in [0.15, 0.2) is 23.0 Å². The van der Waals surface area contributed by atoms with Gasteiger partial charge in [-0.2, -0.15) is 9.78 Å². The van der Waals surface area contributed by atoms with Crippen molar-refractivity contribution in [3.63, 3.8) is 0 Å². The van der Waals surface area contributed by atoms with E-state index in [1.54, 1.807) is 12.4 Å². The topological polar surface area (TPSA) is 99.1 Å². The highest BCUT2D eigenvalue weighted by atomic mass is 15.4. The molecule has 9 heteroatoms. The van der Waals surface area contributed by atoms with Gasteiger partial charge in [-0.1, -0.05) is 0 Å². The minimum absolute atomic E-state index is 0.264. The number of hydrogen-bond donors (Lipinski definition) is 0. The first-order valence-corrected chi connectivity index (χ1v) is 8.66. The largest absolute Gasteiger partial charge is 0.351 e. The van der Waals surface area contributed by atoms with Crippen LogP contribution in [-0.4, -0.2) is 56.0 Å². The Hall–Kier alpha value is -3.28. The molecule has 1 saturated carbocycles. The summed E-state index contributed by atoms with van der Waals surface area (Å²) in [6, 6.07) is 6.32. The van der Waals surface area contributed by atoms with E-state index in [1.807, 2.05) is 28.6 Å². The maximum atomic E-state index is 9.21. The Labute approximate surface area is 149 Å². The van der Waals surface area contributed by atoms with Crippen molar-refractivity contribution < 1.29 is 0 Å². The van der Waals surface area contributed by atoms with Crippen LogP contribution in [0.3, 0.4) is 0 Å². The molecule has 1 saturated heterocycles. The number of aromatic nitrogens is 6. The average molecular weight is 347 g/mol. The fraction of sp³-hybridized carbons (Fsp3) is 0.412. The SMILES string of the molecule is CN(c1nccnc1C#N)C1CN(c2ccc3nnc(C4CC4)n3n2)C1. The molecule has 0 atom stereocenters. The molecule has 0 amide bonds. The Morgan fingerprint density at radius 2 is 1.96 bits per heavy atom. The number of likely N-dealkylation sites (N-methyl/N-ethyl adjacent to an activating group) is 1. The van der Waals surface area contributed by atoms with E-state index in [0.717, 1.165) is 30.4 Å². The molecule has 1 aliphatic heterocycles. The maximum absolute atomic E-state index is 9.21. The van der Waals surface area contributed by atoms with Crippen molar-refractivity contribution in [1.82, 2.24) is 29.8 Å². The molecule has 0 bridgehead atoms. The summed E-state index contributed by atoms with van der Waals surface area (Å²) >= 11 is 0. The van der Waals surface area contributed by atoms with E-state index in [2.05, 4.69) is 31.1 Å². The molecule has 0 aromatic carbocycles. The highest BCUT2D eigenvalue weighted by molar-refractivity contribution is 5.54. The van der Waals surface area contributed by atoms with Crippen molar-refractivity contribution >= 4 is 17.3 Å². The molecule has 5 rings (SSSR count). The van der Waals surface area contributed by atoms with E-state index in [1.165, 1.54) is 12.8 Å². The van der Waals surface area contributed by atoms with Crippen molar-refractivity contribution in [3.8, 4) is 6.07 Å². The standard InChI is InChI=1S/C17H17N9/c1-24(17-13(8-18)19-6-7-20-17)12-9-25(10-12)15-5-4-14-21-22-16(11-2-3-11)26(14)23-15/h4-7,11-12H,2-3,9-10H2,1H3. The van der Waals surface area contributed by atoms with E-state index < -0.39 is 0 Å². The lowest BCUT2D eigenvalue weighted by Gasteiger charge is -2.44. The molecule has 0 radical (unpaired) electrons. The van der Waals surface area contributed by atoms with Crippen LogP contribution in [0.25, 0.3) is 5.65 Å². The van der Waals surface area contributed by atoms with Crippen molar-refractivity contribution in [2.75, 3.05) is 29.9 Å². The third kappa shape index (κ3) is 2.34. The van der Waals surface area contributed by atoms with Gasteiger partial charge < -0.3 is 9.80 Å². The highest BCUT2D eigenvalue weighted by Crippen LogP contribution is 2.39. The number of hydrogen-bond acceptors (Lipinski definition) is 8. The van der Waals surface area contributed by atoms with Crippen molar-refractivity contribution in [2.24, 2.45) is 0 Å². The summed E-state index contributed by atoms with van der Waals surface area (Å²) in [6.07, 6.45) is 5.49. The van der Waals surface area contributed by atoms with Crippen LogP contribution in [0.15, 0.2) is 24.5 Å². The molecule has 9 nitrogen and oxygen atoms in total. The van der Waals surface area contributed by atoms with E-state index in [9.17, 15) is 5.26 Å². The van der Waals surface area contributed by atoms with Gasteiger partial charge in [0.1, 0.15) is 11.9 Å². The number of rotatable bonds is 4. The average Bonchev–Trinajstić information content (AvgIpc) is 3.39. The molecular weight excluding hydrogens is 330 g/mol. The molecule has 0 N–H and O–H groups in total. The molecular formula is C17H17N9. The molecule has 0 unspecified atom stereocenters. The quantitative estimate of drug-likeness (QED) is 0.689. The molecule has 4 heterocycles. The van der Waals surface area contributed by atoms with Gasteiger partial charge in [-0.05, 0) is 25.0 Å². The minimum atomic E-state index is 0.264. The van der Waals surface area contributed by atoms with Crippen LogP contribution in [0.4, 0.5) is 11.6 Å². The molecule has 26 heavy (non-hydrogen) atoms. The van der Waals surface area contributed by atoms with Crippen LogP contribution in [0.1, 0.15) is 30.3 Å². The lowest BCUT2D eigenvalue weighted by atomic mass is 10.1. The van der Waals surface area contributed by atoms with Crippen LogP contribution in [0.5, 0.6) is 0 Å². The molecule has 2 aliphatic rings. The monoisotopic (exact) mass is 347 g/mol. The Kier molecular flexibility index (Phi) is 3.25. The second-order valence-electron chi connectivity index (χ2n) is 6.80. The van der Waals surface area contributed by atoms with Gasteiger partial charge in [-0.3, -0.25) is 0 Å². The Morgan fingerprint density at radius 1 is 1.15 bits per heavy atom. The minimum Gasteiger partial charge on any atom is -0.351 e. The van der Waals surface area contributed by atoms with E-state index >= 15 is 0 Å².